The Hall–Kier alpha value is -2.61. The first-order valence-electron chi connectivity index (χ1n) is 10.9. The molecule has 0 fully saturated rings. The number of ether oxygens (including phenoxy) is 1. The number of hydrogen-bond donors (Lipinski definition) is 0. The number of carbonyl (C=O) groups excluding carboxylic acids is 1. The molecular weight excluding hydrogens is 368 g/mol. The average molecular weight is 401 g/mol. The van der Waals surface area contributed by atoms with Gasteiger partial charge in [0.15, 0.2) is 0 Å². The molecule has 0 amide bonds. The van der Waals surface area contributed by atoms with Gasteiger partial charge in [-0.15, -0.1) is 0 Å². The van der Waals surface area contributed by atoms with E-state index in [1.165, 1.54) is 53.2 Å². The van der Waals surface area contributed by atoms with Gasteiger partial charge in [0, 0.05) is 0 Å². The summed E-state index contributed by atoms with van der Waals surface area (Å²) in [5.74, 6) is -0.207. The molecule has 2 nitrogen and oxygen atoms in total. The Morgan fingerprint density at radius 3 is 2.30 bits per heavy atom. The van der Waals surface area contributed by atoms with E-state index in [0.717, 1.165) is 10.9 Å². The number of rotatable bonds is 3. The number of carbonyl (C=O) groups is 1. The number of hydrogen-bond acceptors (Lipinski definition) is 2. The number of fused-ring (bicyclic) bond motifs is 2. The monoisotopic (exact) mass is 400 g/mol. The van der Waals surface area contributed by atoms with Crippen LogP contribution in [0.25, 0.3) is 21.9 Å². The molecule has 0 N–H and O–H groups in total. The summed E-state index contributed by atoms with van der Waals surface area (Å²) in [6.45, 7) is 11.8. The van der Waals surface area contributed by atoms with Crippen LogP contribution in [-0.2, 0) is 26.8 Å². The van der Waals surface area contributed by atoms with Crippen molar-refractivity contribution in [1.82, 2.24) is 0 Å². The van der Waals surface area contributed by atoms with Gasteiger partial charge in [-0.25, -0.2) is 0 Å². The van der Waals surface area contributed by atoms with Gasteiger partial charge in [0.25, 0.3) is 0 Å². The van der Waals surface area contributed by atoms with Gasteiger partial charge in [-0.2, -0.15) is 0 Å². The zero-order chi connectivity index (χ0) is 21.7. The molecule has 0 heterocycles. The van der Waals surface area contributed by atoms with Crippen LogP contribution in [0.3, 0.4) is 0 Å². The summed E-state index contributed by atoms with van der Waals surface area (Å²) in [4.78, 5) is 11.6. The Labute approximate surface area is 180 Å². The molecule has 1 aliphatic rings. The van der Waals surface area contributed by atoms with Crippen LogP contribution in [0.5, 0.6) is 0 Å². The molecule has 1 aliphatic carbocycles. The second-order valence-electron chi connectivity index (χ2n) is 10.1. The van der Waals surface area contributed by atoms with Crippen molar-refractivity contribution in [2.24, 2.45) is 0 Å². The van der Waals surface area contributed by atoms with E-state index in [1.54, 1.807) is 0 Å². The average Bonchev–Trinajstić information content (AvgIpc) is 2.71. The topological polar surface area (TPSA) is 26.3 Å². The Bertz CT molecular complexity index is 1130. The van der Waals surface area contributed by atoms with E-state index >= 15 is 0 Å². The summed E-state index contributed by atoms with van der Waals surface area (Å²) in [6.07, 6.45) is 2.76. The van der Waals surface area contributed by atoms with Gasteiger partial charge in [-0.3, -0.25) is 4.79 Å². The van der Waals surface area contributed by atoms with Gasteiger partial charge in [-0.1, -0.05) is 70.2 Å². The van der Waals surface area contributed by atoms with Gasteiger partial charge < -0.3 is 4.74 Å². The minimum absolute atomic E-state index is 0.199. The van der Waals surface area contributed by atoms with Gasteiger partial charge >= 0.3 is 5.97 Å². The van der Waals surface area contributed by atoms with E-state index < -0.39 is 0 Å². The molecule has 30 heavy (non-hydrogen) atoms. The maximum absolute atomic E-state index is 11.6. The summed E-state index contributed by atoms with van der Waals surface area (Å²) >= 11 is 0. The molecule has 0 saturated heterocycles. The Morgan fingerprint density at radius 2 is 1.57 bits per heavy atom. The zero-order valence-electron chi connectivity index (χ0n) is 19.1. The Morgan fingerprint density at radius 1 is 0.900 bits per heavy atom. The van der Waals surface area contributed by atoms with Gasteiger partial charge in [0.1, 0.15) is 0 Å². The van der Waals surface area contributed by atoms with Crippen LogP contribution in [0.1, 0.15) is 62.8 Å². The maximum Gasteiger partial charge on any atom is 0.309 e. The quantitative estimate of drug-likeness (QED) is 0.448. The van der Waals surface area contributed by atoms with Crippen molar-refractivity contribution >= 4 is 16.7 Å². The number of esters is 1. The lowest BCUT2D eigenvalue weighted by Crippen LogP contribution is -2.34. The third-order valence-electron chi connectivity index (χ3n) is 7.04. The second-order valence-corrected chi connectivity index (χ2v) is 10.1. The summed E-state index contributed by atoms with van der Waals surface area (Å²) in [7, 11) is 1.43. The number of benzene rings is 3. The molecule has 0 radical (unpaired) electrons. The molecule has 0 spiro atoms. The molecule has 3 aromatic carbocycles. The van der Waals surface area contributed by atoms with Gasteiger partial charge in [0.05, 0.1) is 13.5 Å². The molecule has 0 unspecified atom stereocenters. The van der Waals surface area contributed by atoms with Crippen LogP contribution in [-0.4, -0.2) is 13.1 Å². The molecule has 156 valence electrons. The van der Waals surface area contributed by atoms with Crippen LogP contribution in [0.2, 0.25) is 0 Å². The minimum Gasteiger partial charge on any atom is -0.469 e. The van der Waals surface area contributed by atoms with Crippen LogP contribution >= 0.6 is 0 Å². The maximum atomic E-state index is 11.6. The van der Waals surface area contributed by atoms with Crippen LogP contribution < -0.4 is 0 Å². The zero-order valence-corrected chi connectivity index (χ0v) is 19.1. The fraction of sp³-hybridized carbons (Fsp3) is 0.393. The SMILES string of the molecule is COC(=O)Cc1ccc2cc(-c3ccc4c(c3C)C(C)(C)CCC4(C)C)ccc2c1. The molecule has 2 heteroatoms. The van der Waals surface area contributed by atoms with Crippen LogP contribution in [0.4, 0.5) is 0 Å². The summed E-state index contributed by atoms with van der Waals surface area (Å²) in [6, 6.07) is 17.5. The standard InChI is InChI=1S/C28H32O2/c1-18-23(11-12-24-26(18)28(4,5)14-13-27(24,2)3)22-10-9-20-15-19(16-25(29)30-6)7-8-21(20)17-22/h7-12,15,17H,13-14,16H2,1-6H3. The van der Waals surface area contributed by atoms with Crippen LogP contribution in [0, 0.1) is 6.92 Å². The number of methoxy groups -OCH3 is 1. The molecule has 3 aromatic rings. The van der Waals surface area contributed by atoms with Crippen LogP contribution in [0.15, 0.2) is 48.5 Å². The van der Waals surface area contributed by atoms with E-state index in [2.05, 4.69) is 77.1 Å². The molecular formula is C28H32O2. The fourth-order valence-corrected chi connectivity index (χ4v) is 5.16. The Kier molecular flexibility index (Phi) is 5.00. The van der Waals surface area contributed by atoms with Crippen molar-refractivity contribution in [3.8, 4) is 11.1 Å². The predicted molar refractivity (Wildman–Crippen MR) is 125 cm³/mol. The first kappa shape index (κ1) is 20.7. The van der Waals surface area contributed by atoms with E-state index in [-0.39, 0.29) is 16.8 Å². The van der Waals surface area contributed by atoms with Gasteiger partial charge in [-0.05, 0) is 80.8 Å². The first-order valence-corrected chi connectivity index (χ1v) is 10.9. The highest BCUT2D eigenvalue weighted by atomic mass is 16.5. The van der Waals surface area contributed by atoms with Crippen molar-refractivity contribution in [3.63, 3.8) is 0 Å². The summed E-state index contributed by atoms with van der Waals surface area (Å²) < 4.78 is 4.79. The molecule has 0 saturated carbocycles. The highest BCUT2D eigenvalue weighted by molar-refractivity contribution is 5.89. The van der Waals surface area contributed by atoms with Crippen molar-refractivity contribution in [2.45, 2.75) is 64.7 Å². The normalized spacial score (nSPS) is 16.9. The molecule has 0 aliphatic heterocycles. The first-order chi connectivity index (χ1) is 14.1. The van der Waals surface area contributed by atoms with E-state index in [9.17, 15) is 4.79 Å². The molecule has 4 rings (SSSR count). The van der Waals surface area contributed by atoms with Crippen molar-refractivity contribution in [3.05, 3.63) is 70.8 Å². The molecule has 0 aromatic heterocycles. The second kappa shape index (κ2) is 7.27. The predicted octanol–water partition coefficient (Wildman–Crippen LogP) is 6.88. The summed E-state index contributed by atoms with van der Waals surface area (Å²) in [5, 5.41) is 2.34. The lowest BCUT2D eigenvalue weighted by molar-refractivity contribution is -0.139. The van der Waals surface area contributed by atoms with Crippen molar-refractivity contribution in [2.75, 3.05) is 7.11 Å². The third-order valence-corrected chi connectivity index (χ3v) is 7.04. The highest BCUT2D eigenvalue weighted by Crippen LogP contribution is 2.48. The van der Waals surface area contributed by atoms with Crippen molar-refractivity contribution < 1.29 is 9.53 Å². The molecule has 0 atom stereocenters. The lowest BCUT2D eigenvalue weighted by atomic mass is 9.61. The van der Waals surface area contributed by atoms with E-state index in [1.807, 2.05) is 6.07 Å². The van der Waals surface area contributed by atoms with Crippen molar-refractivity contribution in [1.29, 1.82) is 0 Å². The molecule has 0 bridgehead atoms. The highest BCUT2D eigenvalue weighted by Gasteiger charge is 2.38. The minimum atomic E-state index is -0.207. The lowest BCUT2D eigenvalue weighted by Gasteiger charge is -2.43. The largest absolute Gasteiger partial charge is 0.469 e. The summed E-state index contributed by atoms with van der Waals surface area (Å²) in [5.41, 5.74) is 8.43. The van der Waals surface area contributed by atoms with Gasteiger partial charge in [0.2, 0.25) is 0 Å². The fourth-order valence-electron chi connectivity index (χ4n) is 5.16. The third kappa shape index (κ3) is 3.53. The Balaban J connectivity index is 1.79. The van der Waals surface area contributed by atoms with E-state index in [0.29, 0.717) is 6.42 Å². The smallest absolute Gasteiger partial charge is 0.309 e. The van der Waals surface area contributed by atoms with E-state index in [4.69, 9.17) is 4.74 Å².